The highest BCUT2D eigenvalue weighted by Crippen LogP contribution is 2.22. The first-order valence-electron chi connectivity index (χ1n) is 5.59. The molecule has 0 aromatic rings. The van der Waals surface area contributed by atoms with E-state index in [1.54, 1.807) is 0 Å². The fraction of sp³-hybridized carbons (Fsp3) is 0.900. The second-order valence-corrected chi connectivity index (χ2v) is 4.18. The van der Waals surface area contributed by atoms with Gasteiger partial charge in [-0.05, 0) is 0 Å². The van der Waals surface area contributed by atoms with Gasteiger partial charge in [-0.15, -0.1) is 0 Å². The third-order valence-electron chi connectivity index (χ3n) is 2.62. The number of aliphatic hydroxyl groups is 4. The summed E-state index contributed by atoms with van der Waals surface area (Å²) in [6, 6.07) is 0. The Morgan fingerprint density at radius 3 is 2.37 bits per heavy atom. The molecule has 5 N–H and O–H groups in total. The van der Waals surface area contributed by atoms with Crippen molar-refractivity contribution in [2.24, 2.45) is 0 Å². The highest BCUT2D eigenvalue weighted by Gasteiger charge is 2.47. The zero-order valence-electron chi connectivity index (χ0n) is 10.2. The third-order valence-corrected chi connectivity index (χ3v) is 2.62. The molecular weight excluding hydrogens is 264 g/mol. The van der Waals surface area contributed by atoms with E-state index in [1.165, 1.54) is 7.11 Å². The minimum atomic E-state index is -1.77. The van der Waals surface area contributed by atoms with E-state index in [0.717, 1.165) is 0 Å². The van der Waals surface area contributed by atoms with E-state index >= 15 is 0 Å². The summed E-state index contributed by atoms with van der Waals surface area (Å²) in [7, 11) is 1.37. The molecule has 0 amide bonds. The summed E-state index contributed by atoms with van der Waals surface area (Å²) in [4.78, 5) is 10.8. The number of ether oxygens (including phenoxy) is 3. The molecule has 1 aliphatic heterocycles. The average Bonchev–Trinajstić information content (AvgIpc) is 2.35. The van der Waals surface area contributed by atoms with Crippen molar-refractivity contribution in [1.82, 2.24) is 0 Å². The molecule has 0 aromatic heterocycles. The number of aliphatic hydroxyl groups excluding tert-OH is 4. The van der Waals surface area contributed by atoms with Crippen molar-refractivity contribution < 1.29 is 44.5 Å². The molecule has 1 heterocycles. The number of rotatable bonds is 6. The van der Waals surface area contributed by atoms with Crippen LogP contribution in [0, 0.1) is 0 Å². The van der Waals surface area contributed by atoms with Gasteiger partial charge in [-0.2, -0.15) is 0 Å². The van der Waals surface area contributed by atoms with Gasteiger partial charge in [0.15, 0.2) is 12.4 Å². The number of carboxylic acid groups (broad SMARTS) is 1. The summed E-state index contributed by atoms with van der Waals surface area (Å²) >= 11 is 0. The third kappa shape index (κ3) is 4.08. The number of aliphatic carboxylic acids is 1. The highest BCUT2D eigenvalue weighted by molar-refractivity contribution is 5.73. The van der Waals surface area contributed by atoms with Crippen LogP contribution >= 0.6 is 0 Å². The van der Waals surface area contributed by atoms with Crippen LogP contribution in [0.2, 0.25) is 0 Å². The minimum absolute atomic E-state index is 0.0175. The van der Waals surface area contributed by atoms with Gasteiger partial charge in [-0.1, -0.05) is 0 Å². The molecule has 1 aliphatic rings. The first-order chi connectivity index (χ1) is 8.88. The van der Waals surface area contributed by atoms with Crippen molar-refractivity contribution in [3.8, 4) is 0 Å². The van der Waals surface area contributed by atoms with Gasteiger partial charge in [-0.25, -0.2) is 4.79 Å². The maximum atomic E-state index is 10.8. The Bertz CT molecular complexity index is 297. The molecule has 112 valence electrons. The molecule has 0 bridgehead atoms. The lowest BCUT2D eigenvalue weighted by Crippen LogP contribution is -2.60. The lowest BCUT2D eigenvalue weighted by atomic mass is 9.99. The molecule has 9 nitrogen and oxygen atoms in total. The van der Waals surface area contributed by atoms with Gasteiger partial charge in [0, 0.05) is 7.11 Å². The first-order valence-corrected chi connectivity index (χ1v) is 5.59. The van der Waals surface area contributed by atoms with Gasteiger partial charge < -0.3 is 39.7 Å². The smallest absolute Gasteiger partial charge is 0.335 e. The lowest BCUT2D eigenvalue weighted by molar-refractivity contribution is -0.298. The van der Waals surface area contributed by atoms with Crippen LogP contribution in [-0.2, 0) is 19.0 Å². The van der Waals surface area contributed by atoms with Crippen molar-refractivity contribution in [1.29, 1.82) is 0 Å². The van der Waals surface area contributed by atoms with Crippen LogP contribution in [-0.4, -0.2) is 88.6 Å². The zero-order chi connectivity index (χ0) is 14.6. The van der Waals surface area contributed by atoms with Gasteiger partial charge >= 0.3 is 5.97 Å². The van der Waals surface area contributed by atoms with E-state index in [4.69, 9.17) is 14.6 Å². The molecule has 1 saturated heterocycles. The van der Waals surface area contributed by atoms with E-state index in [0.29, 0.717) is 0 Å². The molecule has 1 rings (SSSR count). The summed E-state index contributed by atoms with van der Waals surface area (Å²) in [6.07, 6.45) is -9.29. The van der Waals surface area contributed by atoms with Crippen LogP contribution in [0.1, 0.15) is 0 Å². The first kappa shape index (κ1) is 16.2. The number of hydrogen-bond acceptors (Lipinski definition) is 8. The van der Waals surface area contributed by atoms with E-state index in [9.17, 15) is 25.2 Å². The van der Waals surface area contributed by atoms with Gasteiger partial charge in [-0.3, -0.25) is 0 Å². The number of carboxylic acids is 1. The zero-order valence-corrected chi connectivity index (χ0v) is 10.2. The maximum absolute atomic E-state index is 10.8. The second kappa shape index (κ2) is 7.10. The quantitative estimate of drug-likeness (QED) is 0.342. The van der Waals surface area contributed by atoms with Crippen LogP contribution in [0.3, 0.4) is 0 Å². The molecule has 0 spiro atoms. The van der Waals surface area contributed by atoms with Gasteiger partial charge in [0.1, 0.15) is 24.4 Å². The van der Waals surface area contributed by atoms with Crippen molar-refractivity contribution in [2.75, 3.05) is 20.3 Å². The Morgan fingerprint density at radius 1 is 1.21 bits per heavy atom. The lowest BCUT2D eigenvalue weighted by Gasteiger charge is -2.38. The summed E-state index contributed by atoms with van der Waals surface area (Å²) in [5.41, 5.74) is 0. The van der Waals surface area contributed by atoms with Crippen molar-refractivity contribution in [3.05, 3.63) is 0 Å². The van der Waals surface area contributed by atoms with E-state index in [1.807, 2.05) is 0 Å². The number of hydrogen-bond donors (Lipinski definition) is 5. The largest absolute Gasteiger partial charge is 0.479 e. The molecule has 19 heavy (non-hydrogen) atoms. The maximum Gasteiger partial charge on any atom is 0.335 e. The van der Waals surface area contributed by atoms with Gasteiger partial charge in [0.2, 0.25) is 0 Å². The summed E-state index contributed by atoms with van der Waals surface area (Å²) in [5.74, 6) is -1.50. The predicted octanol–water partition coefficient (Wildman–Crippen LogP) is -3.10. The molecule has 6 atom stereocenters. The monoisotopic (exact) mass is 282 g/mol. The van der Waals surface area contributed by atoms with Crippen LogP contribution in [0.15, 0.2) is 0 Å². The minimum Gasteiger partial charge on any atom is -0.479 e. The summed E-state index contributed by atoms with van der Waals surface area (Å²) < 4.78 is 14.5. The van der Waals surface area contributed by atoms with Gasteiger partial charge in [0.25, 0.3) is 0 Å². The standard InChI is InChI=1S/C10H18O9/c1-17-2-4(11)3-18-10-7(14)5(12)6(13)8(19-10)9(15)16/h4-8,10-14H,2-3H2,1H3,(H,15,16)/t4?,5-,6-,7+,8?,10?/m0/s1. The van der Waals surface area contributed by atoms with E-state index in [2.05, 4.69) is 4.74 Å². The Labute approximate surface area is 108 Å². The fourth-order valence-electron chi connectivity index (χ4n) is 1.64. The number of methoxy groups -OCH3 is 1. The average molecular weight is 282 g/mol. The Hall–Kier alpha value is -0.810. The topological polar surface area (TPSA) is 146 Å². The summed E-state index contributed by atoms with van der Waals surface area (Å²) in [6.45, 7) is -0.304. The van der Waals surface area contributed by atoms with Crippen molar-refractivity contribution in [3.63, 3.8) is 0 Å². The van der Waals surface area contributed by atoms with Crippen LogP contribution < -0.4 is 0 Å². The summed E-state index contributed by atoms with van der Waals surface area (Å²) in [5, 5.41) is 46.6. The molecule has 0 radical (unpaired) electrons. The Kier molecular flexibility index (Phi) is 6.07. The fourth-order valence-corrected chi connectivity index (χ4v) is 1.64. The van der Waals surface area contributed by atoms with Crippen LogP contribution in [0.4, 0.5) is 0 Å². The van der Waals surface area contributed by atoms with Crippen molar-refractivity contribution in [2.45, 2.75) is 36.8 Å². The van der Waals surface area contributed by atoms with Crippen LogP contribution in [0.25, 0.3) is 0 Å². The molecule has 0 aliphatic carbocycles. The molecular formula is C10H18O9. The highest BCUT2D eigenvalue weighted by atomic mass is 16.7. The molecule has 0 aromatic carbocycles. The second-order valence-electron chi connectivity index (χ2n) is 4.18. The molecule has 0 saturated carbocycles. The Balaban J connectivity index is 2.59. The molecule has 1 fully saturated rings. The van der Waals surface area contributed by atoms with Crippen molar-refractivity contribution >= 4 is 5.97 Å². The molecule has 3 unspecified atom stereocenters. The SMILES string of the molecule is COCC(O)COC1OC(C(=O)O)[C@@H](O)[C@H](O)[C@H]1O. The Morgan fingerprint density at radius 2 is 1.84 bits per heavy atom. The van der Waals surface area contributed by atoms with Gasteiger partial charge in [0.05, 0.1) is 13.2 Å². The van der Waals surface area contributed by atoms with Crippen LogP contribution in [0.5, 0.6) is 0 Å². The van der Waals surface area contributed by atoms with E-state index < -0.39 is 42.8 Å². The normalized spacial score (nSPS) is 37.0. The number of carbonyl (C=O) groups is 1. The predicted molar refractivity (Wildman–Crippen MR) is 58.2 cm³/mol. The van der Waals surface area contributed by atoms with E-state index in [-0.39, 0.29) is 13.2 Å². The molecule has 9 heteroatoms.